The number of aliphatic hydroxyl groups excluding tert-OH is 1. The second-order valence-electron chi connectivity index (χ2n) is 5.99. The maximum absolute atomic E-state index is 10.9. The number of aromatic carboxylic acids is 1. The second kappa shape index (κ2) is 6.02. The molecule has 1 aromatic heterocycles. The molecule has 0 amide bonds. The maximum atomic E-state index is 10.9. The number of nitrogens with one attached hydrogen (secondary N) is 1. The fourth-order valence-electron chi connectivity index (χ4n) is 1.88. The molecule has 0 aromatic carbocycles. The molecule has 0 aliphatic heterocycles. The molecule has 0 fully saturated rings. The van der Waals surface area contributed by atoms with Crippen molar-refractivity contribution in [2.45, 2.75) is 40.2 Å². The Kier molecular flexibility index (Phi) is 4.89. The minimum Gasteiger partial charge on any atom is -0.478 e. The summed E-state index contributed by atoms with van der Waals surface area (Å²) in [6.45, 7) is 8.27. The highest BCUT2D eigenvalue weighted by atomic mass is 16.4. The van der Waals surface area contributed by atoms with Crippen molar-refractivity contribution in [2.75, 3.05) is 11.9 Å². The number of carboxylic acids is 1. The fourth-order valence-corrected chi connectivity index (χ4v) is 1.88. The third-order valence-electron chi connectivity index (χ3n) is 2.57. The Morgan fingerprint density at radius 2 is 2.05 bits per heavy atom. The van der Waals surface area contributed by atoms with Gasteiger partial charge in [0, 0.05) is 12.2 Å². The Hall–Kier alpha value is -1.62. The molecule has 1 heterocycles. The highest BCUT2D eigenvalue weighted by Crippen LogP contribution is 2.21. The van der Waals surface area contributed by atoms with E-state index in [0.717, 1.165) is 0 Å². The molecule has 1 atom stereocenters. The average Bonchev–Trinajstić information content (AvgIpc) is 2.23. The van der Waals surface area contributed by atoms with E-state index in [4.69, 9.17) is 5.11 Å². The van der Waals surface area contributed by atoms with Crippen LogP contribution in [0.2, 0.25) is 0 Å². The highest BCUT2D eigenvalue weighted by Gasteiger charge is 2.16. The third kappa shape index (κ3) is 5.70. The molecule has 0 spiro atoms. The predicted molar refractivity (Wildman–Crippen MR) is 74.5 cm³/mol. The Morgan fingerprint density at radius 1 is 1.42 bits per heavy atom. The van der Waals surface area contributed by atoms with Crippen molar-refractivity contribution in [1.29, 1.82) is 0 Å². The average molecular weight is 266 g/mol. The lowest BCUT2D eigenvalue weighted by Gasteiger charge is -2.22. The van der Waals surface area contributed by atoms with E-state index in [-0.39, 0.29) is 11.0 Å². The van der Waals surface area contributed by atoms with Crippen LogP contribution in [0, 0.1) is 12.3 Å². The molecule has 0 aliphatic rings. The third-order valence-corrected chi connectivity index (χ3v) is 2.57. The molecule has 1 unspecified atom stereocenters. The lowest BCUT2D eigenvalue weighted by Crippen LogP contribution is -2.25. The van der Waals surface area contributed by atoms with E-state index >= 15 is 0 Å². The van der Waals surface area contributed by atoms with Crippen LogP contribution in [0.25, 0.3) is 0 Å². The summed E-state index contributed by atoms with van der Waals surface area (Å²) in [7, 11) is 0. The van der Waals surface area contributed by atoms with Crippen molar-refractivity contribution in [3.05, 3.63) is 23.4 Å². The van der Waals surface area contributed by atoms with Crippen molar-refractivity contribution >= 4 is 11.8 Å². The van der Waals surface area contributed by atoms with Gasteiger partial charge in [-0.2, -0.15) is 0 Å². The first kappa shape index (κ1) is 15.4. The highest BCUT2D eigenvalue weighted by molar-refractivity contribution is 5.88. The van der Waals surface area contributed by atoms with Crippen LogP contribution < -0.4 is 5.32 Å². The van der Waals surface area contributed by atoms with Crippen molar-refractivity contribution in [2.24, 2.45) is 5.41 Å². The van der Waals surface area contributed by atoms with E-state index in [9.17, 15) is 9.90 Å². The molecular formula is C14H22N2O3. The maximum Gasteiger partial charge on any atom is 0.335 e. The number of aliphatic hydroxyl groups is 1. The first-order valence-electron chi connectivity index (χ1n) is 6.31. The van der Waals surface area contributed by atoms with E-state index < -0.39 is 12.1 Å². The van der Waals surface area contributed by atoms with Crippen molar-refractivity contribution in [1.82, 2.24) is 4.98 Å². The van der Waals surface area contributed by atoms with E-state index in [1.165, 1.54) is 12.1 Å². The van der Waals surface area contributed by atoms with Gasteiger partial charge in [-0.1, -0.05) is 20.8 Å². The van der Waals surface area contributed by atoms with Gasteiger partial charge in [-0.15, -0.1) is 0 Å². The first-order valence-corrected chi connectivity index (χ1v) is 6.31. The molecule has 5 nitrogen and oxygen atoms in total. The molecule has 0 aliphatic carbocycles. The van der Waals surface area contributed by atoms with Crippen molar-refractivity contribution in [3.63, 3.8) is 0 Å². The van der Waals surface area contributed by atoms with Gasteiger partial charge in [-0.25, -0.2) is 9.78 Å². The summed E-state index contributed by atoms with van der Waals surface area (Å²) >= 11 is 0. The van der Waals surface area contributed by atoms with Crippen LogP contribution in [0.4, 0.5) is 5.82 Å². The molecule has 5 heteroatoms. The van der Waals surface area contributed by atoms with Gasteiger partial charge in [-0.3, -0.25) is 0 Å². The van der Waals surface area contributed by atoms with Crippen LogP contribution in [0.15, 0.2) is 12.1 Å². The molecule has 19 heavy (non-hydrogen) atoms. The van der Waals surface area contributed by atoms with Gasteiger partial charge in [0.15, 0.2) is 0 Å². The van der Waals surface area contributed by atoms with Gasteiger partial charge in [0.05, 0.1) is 11.7 Å². The number of pyridine rings is 1. The predicted octanol–water partition coefficient (Wildman–Crippen LogP) is 2.30. The summed E-state index contributed by atoms with van der Waals surface area (Å²) < 4.78 is 0. The Balaban J connectivity index is 2.65. The lowest BCUT2D eigenvalue weighted by atomic mass is 9.89. The van der Waals surface area contributed by atoms with E-state index in [0.29, 0.717) is 24.5 Å². The van der Waals surface area contributed by atoms with Gasteiger partial charge in [-0.05, 0) is 30.9 Å². The minimum absolute atomic E-state index is 0.0490. The number of nitrogens with zero attached hydrogens (tertiary/aromatic N) is 1. The van der Waals surface area contributed by atoms with Crippen LogP contribution in [-0.2, 0) is 0 Å². The number of hydrogen-bond donors (Lipinski definition) is 3. The van der Waals surface area contributed by atoms with Crippen molar-refractivity contribution < 1.29 is 15.0 Å². The zero-order valence-electron chi connectivity index (χ0n) is 11.9. The van der Waals surface area contributed by atoms with Crippen LogP contribution in [0.1, 0.15) is 43.2 Å². The van der Waals surface area contributed by atoms with E-state index in [1.807, 2.05) is 0 Å². The lowest BCUT2D eigenvalue weighted by molar-refractivity contribution is 0.0696. The summed E-state index contributed by atoms with van der Waals surface area (Å²) in [6, 6.07) is 2.98. The van der Waals surface area contributed by atoms with Crippen LogP contribution >= 0.6 is 0 Å². The smallest absolute Gasteiger partial charge is 0.335 e. The zero-order chi connectivity index (χ0) is 14.6. The number of aromatic nitrogens is 1. The van der Waals surface area contributed by atoms with Crippen LogP contribution in [0.3, 0.4) is 0 Å². The summed E-state index contributed by atoms with van der Waals surface area (Å²) in [6.07, 6.45) is 0.174. The second-order valence-corrected chi connectivity index (χ2v) is 5.99. The molecule has 1 aromatic rings. The van der Waals surface area contributed by atoms with E-state index in [2.05, 4.69) is 31.1 Å². The standard InChI is InChI=1S/C14H22N2O3/c1-9-5-10(13(18)19)6-12(16-9)15-8-11(17)7-14(2,3)4/h5-6,11,17H,7-8H2,1-4H3,(H,15,16)(H,18,19). The summed E-state index contributed by atoms with van der Waals surface area (Å²) in [5, 5.41) is 21.8. The fraction of sp³-hybridized carbons (Fsp3) is 0.571. The Morgan fingerprint density at radius 3 is 2.58 bits per heavy atom. The van der Waals surface area contributed by atoms with Crippen LogP contribution in [0.5, 0.6) is 0 Å². The van der Waals surface area contributed by atoms with Crippen LogP contribution in [-0.4, -0.2) is 33.8 Å². The summed E-state index contributed by atoms with van der Waals surface area (Å²) in [5.41, 5.74) is 0.876. The number of anilines is 1. The van der Waals surface area contributed by atoms with Gasteiger partial charge < -0.3 is 15.5 Å². The number of rotatable bonds is 5. The largest absolute Gasteiger partial charge is 0.478 e. The summed E-state index contributed by atoms with van der Waals surface area (Å²) in [5.74, 6) is -0.505. The summed E-state index contributed by atoms with van der Waals surface area (Å²) in [4.78, 5) is 15.1. The quantitative estimate of drug-likeness (QED) is 0.761. The van der Waals surface area contributed by atoms with Gasteiger partial charge in [0.2, 0.25) is 0 Å². The minimum atomic E-state index is -0.983. The number of aryl methyl sites for hydroxylation is 1. The number of carboxylic acid groups (broad SMARTS) is 1. The number of carbonyl (C=O) groups is 1. The number of hydrogen-bond acceptors (Lipinski definition) is 4. The normalized spacial score (nSPS) is 13.1. The van der Waals surface area contributed by atoms with Crippen molar-refractivity contribution in [3.8, 4) is 0 Å². The van der Waals surface area contributed by atoms with Gasteiger partial charge in [0.1, 0.15) is 5.82 Å². The monoisotopic (exact) mass is 266 g/mol. The Labute approximate surface area is 113 Å². The Bertz CT molecular complexity index is 452. The molecule has 106 valence electrons. The topological polar surface area (TPSA) is 82.5 Å². The van der Waals surface area contributed by atoms with Gasteiger partial charge in [0.25, 0.3) is 0 Å². The van der Waals surface area contributed by atoms with E-state index in [1.54, 1.807) is 6.92 Å². The molecule has 0 saturated heterocycles. The molecule has 3 N–H and O–H groups in total. The first-order chi connectivity index (χ1) is 8.67. The molecule has 0 bridgehead atoms. The molecule has 1 rings (SSSR count). The molecular weight excluding hydrogens is 244 g/mol. The molecule has 0 saturated carbocycles. The zero-order valence-corrected chi connectivity index (χ0v) is 11.9. The SMILES string of the molecule is Cc1cc(C(=O)O)cc(NCC(O)CC(C)(C)C)n1. The van der Waals surface area contributed by atoms with Gasteiger partial charge >= 0.3 is 5.97 Å². The molecule has 0 radical (unpaired) electrons.